The van der Waals surface area contributed by atoms with Gasteiger partial charge < -0.3 is 9.47 Å². The monoisotopic (exact) mass is 748 g/mol. The average Bonchev–Trinajstić information content (AvgIpc) is 3.30. The summed E-state index contributed by atoms with van der Waals surface area (Å²) in [5.74, 6) is 2.67. The fourth-order valence-corrected chi connectivity index (χ4v) is 10.9. The first-order valence-electron chi connectivity index (χ1n) is 20.5. The molecule has 0 bridgehead atoms. The van der Waals surface area contributed by atoms with E-state index in [1.807, 2.05) is 0 Å². The highest BCUT2D eigenvalue weighted by atomic mass is 16.5. The molecule has 2 nitrogen and oxygen atoms in total. The maximum absolute atomic E-state index is 6.87. The number of ether oxygens (including phenoxy) is 2. The molecule has 0 saturated heterocycles. The lowest BCUT2D eigenvalue weighted by atomic mass is 9.73. The second-order valence-electron chi connectivity index (χ2n) is 16.1. The van der Waals surface area contributed by atoms with Crippen molar-refractivity contribution in [3.05, 3.63) is 193 Å². The molecule has 14 rings (SSSR count). The van der Waals surface area contributed by atoms with Crippen molar-refractivity contribution in [2.75, 3.05) is 0 Å². The van der Waals surface area contributed by atoms with Gasteiger partial charge in [0.05, 0.1) is 0 Å². The molecule has 2 heteroatoms. The van der Waals surface area contributed by atoms with Crippen LogP contribution in [0, 0.1) is 0 Å². The Balaban J connectivity index is 1.17. The van der Waals surface area contributed by atoms with E-state index in [0.717, 1.165) is 33.8 Å². The van der Waals surface area contributed by atoms with Crippen molar-refractivity contribution in [3.63, 3.8) is 0 Å². The number of rotatable bonds is 2. The molecular weight excluding hydrogens is 717 g/mol. The van der Waals surface area contributed by atoms with E-state index in [2.05, 4.69) is 188 Å². The highest BCUT2D eigenvalue weighted by molar-refractivity contribution is 6.30. The zero-order valence-corrected chi connectivity index (χ0v) is 31.8. The summed E-state index contributed by atoms with van der Waals surface area (Å²) in [6.45, 7) is 0. The van der Waals surface area contributed by atoms with E-state index >= 15 is 0 Å². The van der Waals surface area contributed by atoms with Crippen molar-refractivity contribution >= 4 is 70.7 Å². The predicted octanol–water partition coefficient (Wildman–Crippen LogP) is 15.8. The van der Waals surface area contributed by atoms with Crippen LogP contribution in [0.5, 0.6) is 17.2 Å². The third kappa shape index (κ3) is 4.10. The summed E-state index contributed by atoms with van der Waals surface area (Å²) in [7, 11) is 0. The molecular formula is C57H32O2. The van der Waals surface area contributed by atoms with Gasteiger partial charge in [-0.2, -0.15) is 0 Å². The minimum Gasteiger partial charge on any atom is -0.481 e. The Morgan fingerprint density at radius 3 is 1.53 bits per heavy atom. The summed E-state index contributed by atoms with van der Waals surface area (Å²) in [5, 5.41) is 14.9. The van der Waals surface area contributed by atoms with Gasteiger partial charge in [0, 0.05) is 44.2 Å². The molecule has 0 radical (unpaired) electrons. The number of fused-ring (bicyclic) bond motifs is 12. The second-order valence-corrected chi connectivity index (χ2v) is 16.1. The van der Waals surface area contributed by atoms with Gasteiger partial charge in [-0.25, -0.2) is 0 Å². The van der Waals surface area contributed by atoms with Gasteiger partial charge in [-0.1, -0.05) is 158 Å². The normalized spacial score (nSPS) is 14.5. The number of hydrogen-bond acceptors (Lipinski definition) is 2. The first kappa shape index (κ1) is 31.4. The third-order valence-electron chi connectivity index (χ3n) is 13.2. The van der Waals surface area contributed by atoms with Crippen LogP contribution in [0.4, 0.5) is 0 Å². The Morgan fingerprint density at radius 2 is 0.864 bits per heavy atom. The van der Waals surface area contributed by atoms with E-state index < -0.39 is 0 Å². The maximum Gasteiger partial charge on any atom is 0.144 e. The summed E-state index contributed by atoms with van der Waals surface area (Å²) in [6.07, 6.45) is 4.23. The first-order chi connectivity index (χ1) is 29.3. The third-order valence-corrected chi connectivity index (χ3v) is 13.2. The second kappa shape index (κ2) is 11.5. The molecule has 59 heavy (non-hydrogen) atoms. The van der Waals surface area contributed by atoms with Gasteiger partial charge >= 0.3 is 0 Å². The van der Waals surface area contributed by atoms with Crippen molar-refractivity contribution in [1.29, 1.82) is 0 Å². The van der Waals surface area contributed by atoms with Crippen LogP contribution < -0.4 is 9.47 Å². The molecule has 0 aromatic heterocycles. The van der Waals surface area contributed by atoms with Crippen molar-refractivity contribution in [1.82, 2.24) is 0 Å². The Labute approximate surface area is 339 Å². The van der Waals surface area contributed by atoms with Crippen LogP contribution >= 0.6 is 0 Å². The molecule has 3 aliphatic rings. The van der Waals surface area contributed by atoms with Crippen LogP contribution in [-0.2, 0) is 0 Å². The molecule has 2 heterocycles. The molecule has 0 N–H and O–H groups in total. The van der Waals surface area contributed by atoms with Gasteiger partial charge in [0.2, 0.25) is 0 Å². The molecule has 11 aromatic rings. The summed E-state index contributed by atoms with van der Waals surface area (Å²) in [4.78, 5) is 0. The largest absolute Gasteiger partial charge is 0.481 e. The smallest absolute Gasteiger partial charge is 0.144 e. The molecule has 0 fully saturated rings. The van der Waals surface area contributed by atoms with E-state index in [9.17, 15) is 0 Å². The number of benzene rings is 11. The SMILES string of the molecule is C1=CC2Oc3ccccc3-c3c(-c4c5ccccc5c(-c5ccc6c7ccccc7c7ccccc7c6c5)c5ccccc45)c4c5c(ccc1c5c32)Oc1ccccc1-4. The van der Waals surface area contributed by atoms with Gasteiger partial charge in [0.25, 0.3) is 0 Å². The topological polar surface area (TPSA) is 18.5 Å². The highest BCUT2D eigenvalue weighted by Crippen LogP contribution is 2.62. The van der Waals surface area contributed by atoms with Gasteiger partial charge in [-0.05, 0) is 106 Å². The zero-order valence-electron chi connectivity index (χ0n) is 31.8. The molecule has 1 aliphatic carbocycles. The molecule has 2 aliphatic heterocycles. The highest BCUT2D eigenvalue weighted by Gasteiger charge is 2.38. The van der Waals surface area contributed by atoms with E-state index in [1.54, 1.807) is 0 Å². The lowest BCUT2D eigenvalue weighted by Crippen LogP contribution is -2.17. The molecule has 1 unspecified atom stereocenters. The van der Waals surface area contributed by atoms with Gasteiger partial charge in [-0.3, -0.25) is 0 Å². The summed E-state index contributed by atoms with van der Waals surface area (Å²) in [6, 6.07) is 64.5. The van der Waals surface area contributed by atoms with Crippen LogP contribution in [0.2, 0.25) is 0 Å². The van der Waals surface area contributed by atoms with Gasteiger partial charge in [0.15, 0.2) is 0 Å². The standard InChI is InChI=1S/C57H32O2/c1-2-15-36-34(13-1)35-14-3-4-16-37(35)45-31-33(25-28-38(36)45)50-39-17-5-7-19-41(39)52(42-20-8-6-18-40(42)50)57-53-43-21-9-11-23-46(43)58-48-29-26-32-27-30-49-56(51(32)55(48)53)54(57)44-22-10-12-24-47(44)59-49/h1-31,48H. The number of para-hydroxylation sites is 2. The van der Waals surface area contributed by atoms with Crippen molar-refractivity contribution in [2.24, 2.45) is 0 Å². The average molecular weight is 749 g/mol. The van der Waals surface area contributed by atoms with Gasteiger partial charge in [-0.15, -0.1) is 0 Å². The van der Waals surface area contributed by atoms with Gasteiger partial charge in [0.1, 0.15) is 23.4 Å². The fraction of sp³-hybridized carbons (Fsp3) is 0.0175. The van der Waals surface area contributed by atoms with Crippen LogP contribution in [0.15, 0.2) is 182 Å². The quantitative estimate of drug-likeness (QED) is 0.129. The maximum atomic E-state index is 6.87. The lowest BCUT2D eigenvalue weighted by molar-refractivity contribution is 0.253. The molecule has 1 atom stereocenters. The van der Waals surface area contributed by atoms with Crippen molar-refractivity contribution < 1.29 is 9.47 Å². The van der Waals surface area contributed by atoms with Crippen LogP contribution in [0.3, 0.4) is 0 Å². The van der Waals surface area contributed by atoms with Crippen LogP contribution in [-0.4, -0.2) is 0 Å². The minimum absolute atomic E-state index is 0.229. The van der Waals surface area contributed by atoms with Crippen LogP contribution in [0.1, 0.15) is 17.2 Å². The van der Waals surface area contributed by atoms with Crippen molar-refractivity contribution in [2.45, 2.75) is 6.10 Å². The van der Waals surface area contributed by atoms with E-state index in [1.165, 1.54) is 104 Å². The Bertz CT molecular complexity index is 3650. The zero-order chi connectivity index (χ0) is 38.3. The summed E-state index contributed by atoms with van der Waals surface area (Å²) < 4.78 is 13.7. The fourth-order valence-electron chi connectivity index (χ4n) is 10.9. The van der Waals surface area contributed by atoms with Crippen molar-refractivity contribution in [3.8, 4) is 61.8 Å². The summed E-state index contributed by atoms with van der Waals surface area (Å²) in [5.41, 5.74) is 12.0. The van der Waals surface area contributed by atoms with E-state index in [4.69, 9.17) is 9.47 Å². The summed E-state index contributed by atoms with van der Waals surface area (Å²) >= 11 is 0. The minimum atomic E-state index is -0.229. The molecule has 11 aromatic carbocycles. The molecule has 0 saturated carbocycles. The van der Waals surface area contributed by atoms with Crippen LogP contribution in [0.25, 0.3) is 115 Å². The molecule has 0 amide bonds. The Morgan fingerprint density at radius 1 is 0.339 bits per heavy atom. The first-order valence-corrected chi connectivity index (χ1v) is 20.5. The van der Waals surface area contributed by atoms with E-state index in [-0.39, 0.29) is 6.10 Å². The Hall–Kier alpha value is -7.68. The molecule has 0 spiro atoms. The molecule has 272 valence electrons. The predicted molar refractivity (Wildman–Crippen MR) is 246 cm³/mol. The number of hydrogen-bond donors (Lipinski definition) is 0. The Kier molecular flexibility index (Phi) is 6.10. The van der Waals surface area contributed by atoms with E-state index in [0.29, 0.717) is 0 Å². The lowest BCUT2D eigenvalue weighted by Gasteiger charge is -2.36.